The molecule has 1 aliphatic rings. The highest BCUT2D eigenvalue weighted by atomic mass is 79.9. The molecule has 3 aromatic carbocycles. The quantitative estimate of drug-likeness (QED) is 0.669. The minimum absolute atomic E-state index is 0.173. The Labute approximate surface area is 165 Å². The molecule has 0 radical (unpaired) electrons. The number of carbonyl (C=O) groups is 2. The summed E-state index contributed by atoms with van der Waals surface area (Å²) in [5, 5.41) is 2.94. The van der Waals surface area contributed by atoms with Crippen molar-refractivity contribution in [1.29, 1.82) is 0 Å². The third-order valence-corrected chi connectivity index (χ3v) is 5.34. The number of nitrogens with zero attached hydrogens (tertiary/aromatic N) is 1. The molecular weight excluding hydrogens is 404 g/mol. The topological polar surface area (TPSA) is 49.4 Å². The van der Waals surface area contributed by atoms with E-state index in [-0.39, 0.29) is 11.8 Å². The van der Waals surface area contributed by atoms with E-state index in [0.717, 1.165) is 15.7 Å². The smallest absolute Gasteiger partial charge is 0.259 e. The number of fused-ring (bicyclic) bond motifs is 1. The molecule has 1 N–H and O–H groups in total. The first kappa shape index (κ1) is 17.5. The van der Waals surface area contributed by atoms with Gasteiger partial charge in [0.15, 0.2) is 0 Å². The average Bonchev–Trinajstić information content (AvgIpc) is 3.09. The van der Waals surface area contributed by atoms with Crippen molar-refractivity contribution in [2.24, 2.45) is 0 Å². The van der Waals surface area contributed by atoms with Crippen LogP contribution in [-0.4, -0.2) is 17.9 Å². The van der Waals surface area contributed by atoms with Gasteiger partial charge in [0.1, 0.15) is 6.04 Å². The largest absolute Gasteiger partial charge is 0.323 e. The van der Waals surface area contributed by atoms with Crippen LogP contribution in [0, 0.1) is 0 Å². The molecule has 4 rings (SSSR count). The first-order valence-corrected chi connectivity index (χ1v) is 9.46. The zero-order valence-corrected chi connectivity index (χ0v) is 16.0. The van der Waals surface area contributed by atoms with Gasteiger partial charge in [-0.2, -0.15) is 0 Å². The van der Waals surface area contributed by atoms with E-state index >= 15 is 0 Å². The molecule has 134 valence electrons. The normalized spacial score (nSPS) is 15.3. The van der Waals surface area contributed by atoms with Gasteiger partial charge in [-0.25, -0.2) is 0 Å². The van der Waals surface area contributed by atoms with Crippen LogP contribution >= 0.6 is 15.9 Å². The zero-order chi connectivity index (χ0) is 18.8. The number of hydrogen-bond acceptors (Lipinski definition) is 2. The Bertz CT molecular complexity index is 1000. The Morgan fingerprint density at radius 1 is 0.889 bits per heavy atom. The third-order valence-electron chi connectivity index (χ3n) is 4.65. The minimum atomic E-state index is -0.595. The molecule has 3 aromatic rings. The van der Waals surface area contributed by atoms with E-state index < -0.39 is 6.04 Å². The van der Waals surface area contributed by atoms with Crippen molar-refractivity contribution in [2.45, 2.75) is 12.5 Å². The van der Waals surface area contributed by atoms with E-state index in [1.54, 1.807) is 17.0 Å². The SMILES string of the molecule is O=C(Nc1ccccc1Br)[C@H]1Cc2ccccc2N1C(=O)c1ccccc1. The molecule has 0 saturated heterocycles. The van der Waals surface area contributed by atoms with Crippen LogP contribution in [0.4, 0.5) is 11.4 Å². The molecule has 1 atom stereocenters. The fourth-order valence-electron chi connectivity index (χ4n) is 3.35. The van der Waals surface area contributed by atoms with Crippen LogP contribution in [0.1, 0.15) is 15.9 Å². The maximum atomic E-state index is 13.2. The maximum Gasteiger partial charge on any atom is 0.259 e. The van der Waals surface area contributed by atoms with Crippen molar-refractivity contribution in [3.63, 3.8) is 0 Å². The van der Waals surface area contributed by atoms with Gasteiger partial charge in [-0.05, 0) is 51.8 Å². The van der Waals surface area contributed by atoms with Crippen LogP contribution in [0.25, 0.3) is 0 Å². The summed E-state index contributed by atoms with van der Waals surface area (Å²) in [4.78, 5) is 27.8. The number of nitrogens with one attached hydrogen (secondary N) is 1. The van der Waals surface area contributed by atoms with Crippen molar-refractivity contribution >= 4 is 39.1 Å². The summed E-state index contributed by atoms with van der Waals surface area (Å²) >= 11 is 3.45. The fourth-order valence-corrected chi connectivity index (χ4v) is 3.73. The lowest BCUT2D eigenvalue weighted by atomic mass is 10.1. The van der Waals surface area contributed by atoms with Crippen molar-refractivity contribution in [3.8, 4) is 0 Å². The highest BCUT2D eigenvalue weighted by Crippen LogP contribution is 2.34. The number of carbonyl (C=O) groups excluding carboxylic acids is 2. The average molecular weight is 421 g/mol. The molecule has 0 spiro atoms. The van der Waals surface area contributed by atoms with E-state index in [1.165, 1.54) is 0 Å². The molecule has 5 heteroatoms. The molecule has 27 heavy (non-hydrogen) atoms. The predicted molar refractivity (Wildman–Crippen MR) is 110 cm³/mol. The van der Waals surface area contributed by atoms with Crippen LogP contribution in [-0.2, 0) is 11.2 Å². The van der Waals surface area contributed by atoms with Gasteiger partial charge in [0.25, 0.3) is 5.91 Å². The lowest BCUT2D eigenvalue weighted by molar-refractivity contribution is -0.117. The summed E-state index contributed by atoms with van der Waals surface area (Å²) in [6, 6.07) is 23.6. The molecule has 0 saturated carbocycles. The Morgan fingerprint density at radius 3 is 2.33 bits per heavy atom. The highest BCUT2D eigenvalue weighted by molar-refractivity contribution is 9.10. The Kier molecular flexibility index (Phi) is 4.77. The maximum absolute atomic E-state index is 13.2. The van der Waals surface area contributed by atoms with E-state index in [9.17, 15) is 9.59 Å². The Morgan fingerprint density at radius 2 is 1.56 bits per heavy atom. The van der Waals surface area contributed by atoms with Gasteiger partial charge < -0.3 is 5.32 Å². The van der Waals surface area contributed by atoms with E-state index in [0.29, 0.717) is 17.7 Å². The first-order chi connectivity index (χ1) is 13.1. The third kappa shape index (κ3) is 3.38. The molecule has 0 unspecified atom stereocenters. The first-order valence-electron chi connectivity index (χ1n) is 8.67. The lowest BCUT2D eigenvalue weighted by Gasteiger charge is -2.25. The molecule has 1 heterocycles. The summed E-state index contributed by atoms with van der Waals surface area (Å²) in [6.07, 6.45) is 0.491. The number of halogens is 1. The van der Waals surface area contributed by atoms with Gasteiger partial charge in [-0.1, -0.05) is 48.5 Å². The molecule has 0 aliphatic carbocycles. The number of anilines is 2. The second kappa shape index (κ2) is 7.37. The van der Waals surface area contributed by atoms with Gasteiger partial charge in [0, 0.05) is 22.1 Å². The standard InChI is InChI=1S/C22H17BrN2O2/c23-17-11-5-6-12-18(17)24-21(26)20-14-16-10-4-7-13-19(16)25(20)22(27)15-8-2-1-3-9-15/h1-13,20H,14H2,(H,24,26)/t20-/m1/s1. The van der Waals surface area contributed by atoms with Gasteiger partial charge in [-0.15, -0.1) is 0 Å². The molecule has 0 bridgehead atoms. The number of benzene rings is 3. The predicted octanol–water partition coefficient (Wildman–Crippen LogP) is 4.66. The molecule has 1 aliphatic heterocycles. The van der Waals surface area contributed by atoms with Gasteiger partial charge in [-0.3, -0.25) is 14.5 Å². The molecule has 2 amide bonds. The summed E-state index contributed by atoms with van der Waals surface area (Å²) in [5.74, 6) is -0.379. The number of para-hydroxylation sites is 2. The van der Waals surface area contributed by atoms with Crippen LogP contribution in [0.3, 0.4) is 0 Å². The van der Waals surface area contributed by atoms with Crippen molar-refractivity contribution in [1.82, 2.24) is 0 Å². The monoisotopic (exact) mass is 420 g/mol. The van der Waals surface area contributed by atoms with Crippen LogP contribution in [0.15, 0.2) is 83.3 Å². The summed E-state index contributed by atoms with van der Waals surface area (Å²) in [5.41, 5.74) is 3.03. The zero-order valence-electron chi connectivity index (χ0n) is 14.4. The number of hydrogen-bond donors (Lipinski definition) is 1. The fraction of sp³-hybridized carbons (Fsp3) is 0.0909. The lowest BCUT2D eigenvalue weighted by Crippen LogP contribution is -2.45. The number of rotatable bonds is 3. The summed E-state index contributed by atoms with van der Waals surface area (Å²) in [6.45, 7) is 0. The molecule has 0 fully saturated rings. The summed E-state index contributed by atoms with van der Waals surface area (Å²) in [7, 11) is 0. The van der Waals surface area contributed by atoms with Crippen LogP contribution in [0.2, 0.25) is 0 Å². The Hall–Kier alpha value is -2.92. The van der Waals surface area contributed by atoms with E-state index in [4.69, 9.17) is 0 Å². The van der Waals surface area contributed by atoms with Gasteiger partial charge >= 0.3 is 0 Å². The number of amides is 2. The molecule has 4 nitrogen and oxygen atoms in total. The van der Waals surface area contributed by atoms with Crippen LogP contribution in [0.5, 0.6) is 0 Å². The highest BCUT2D eigenvalue weighted by Gasteiger charge is 2.38. The second-order valence-corrected chi connectivity index (χ2v) is 7.21. The summed E-state index contributed by atoms with van der Waals surface area (Å²) < 4.78 is 0.801. The molecular formula is C22H17BrN2O2. The minimum Gasteiger partial charge on any atom is -0.323 e. The van der Waals surface area contributed by atoms with Gasteiger partial charge in [0.2, 0.25) is 5.91 Å². The van der Waals surface area contributed by atoms with E-state index in [2.05, 4.69) is 21.2 Å². The van der Waals surface area contributed by atoms with Crippen molar-refractivity contribution in [2.75, 3.05) is 10.2 Å². The molecule has 0 aromatic heterocycles. The van der Waals surface area contributed by atoms with Crippen molar-refractivity contribution < 1.29 is 9.59 Å². The Balaban J connectivity index is 1.68. The van der Waals surface area contributed by atoms with Crippen LogP contribution < -0.4 is 10.2 Å². The van der Waals surface area contributed by atoms with E-state index in [1.807, 2.05) is 66.7 Å². The van der Waals surface area contributed by atoms with Gasteiger partial charge in [0.05, 0.1) is 5.69 Å². The van der Waals surface area contributed by atoms with Crippen molar-refractivity contribution in [3.05, 3.63) is 94.5 Å². The second-order valence-electron chi connectivity index (χ2n) is 6.36.